The minimum Gasteiger partial charge on any atom is -0.374 e. The van der Waals surface area contributed by atoms with Gasteiger partial charge in [-0.3, -0.25) is 9.58 Å². The first-order valence-electron chi connectivity index (χ1n) is 7.62. The summed E-state index contributed by atoms with van der Waals surface area (Å²) in [7, 11) is 3.98. The Hall–Kier alpha value is -0.910. The average molecular weight is 280 g/mol. The van der Waals surface area contributed by atoms with E-state index >= 15 is 0 Å². The van der Waals surface area contributed by atoms with Crippen LogP contribution in [0.3, 0.4) is 0 Å². The third kappa shape index (κ3) is 3.05. The quantitative estimate of drug-likeness (QED) is 0.884. The van der Waals surface area contributed by atoms with Crippen molar-refractivity contribution in [3.63, 3.8) is 0 Å². The van der Waals surface area contributed by atoms with Crippen molar-refractivity contribution in [1.82, 2.24) is 20.0 Å². The minimum atomic E-state index is 0.186. The van der Waals surface area contributed by atoms with Crippen molar-refractivity contribution in [3.8, 4) is 0 Å². The molecule has 1 aliphatic heterocycles. The summed E-state index contributed by atoms with van der Waals surface area (Å²) in [6, 6.07) is 0.799. The lowest BCUT2D eigenvalue weighted by molar-refractivity contribution is -0.0817. The Kier molecular flexibility index (Phi) is 5.18. The highest BCUT2D eigenvalue weighted by atomic mass is 16.5. The molecule has 0 saturated carbocycles. The molecule has 0 aliphatic carbocycles. The van der Waals surface area contributed by atoms with Crippen LogP contribution in [0.2, 0.25) is 0 Å². The lowest BCUT2D eigenvalue weighted by Crippen LogP contribution is -2.51. The smallest absolute Gasteiger partial charge is 0.0897 e. The predicted molar refractivity (Wildman–Crippen MR) is 80.8 cm³/mol. The first-order chi connectivity index (χ1) is 9.58. The highest BCUT2D eigenvalue weighted by Gasteiger charge is 2.36. The molecule has 20 heavy (non-hydrogen) atoms. The second-order valence-corrected chi connectivity index (χ2v) is 5.80. The number of aromatic nitrogens is 2. The molecular formula is C15H28N4O. The summed E-state index contributed by atoms with van der Waals surface area (Å²) in [5.41, 5.74) is 2.51. The van der Waals surface area contributed by atoms with E-state index in [0.717, 1.165) is 26.1 Å². The second-order valence-electron chi connectivity index (χ2n) is 5.80. The van der Waals surface area contributed by atoms with E-state index in [-0.39, 0.29) is 6.10 Å². The summed E-state index contributed by atoms with van der Waals surface area (Å²) in [6.45, 7) is 9.35. The molecule has 1 aromatic heterocycles. The third-order valence-corrected chi connectivity index (χ3v) is 4.05. The first kappa shape index (κ1) is 15.5. The van der Waals surface area contributed by atoms with Gasteiger partial charge < -0.3 is 10.1 Å². The molecular weight excluding hydrogens is 252 g/mol. The van der Waals surface area contributed by atoms with E-state index in [2.05, 4.69) is 42.3 Å². The highest BCUT2D eigenvalue weighted by molar-refractivity contribution is 5.24. The summed E-state index contributed by atoms with van der Waals surface area (Å²) in [5.74, 6) is 0. The Balaban J connectivity index is 2.37. The van der Waals surface area contributed by atoms with Gasteiger partial charge in [-0.05, 0) is 27.3 Å². The molecule has 2 heterocycles. The first-order valence-corrected chi connectivity index (χ1v) is 7.62. The van der Waals surface area contributed by atoms with Gasteiger partial charge in [0.05, 0.1) is 24.4 Å². The van der Waals surface area contributed by atoms with Crippen LogP contribution in [0.25, 0.3) is 0 Å². The van der Waals surface area contributed by atoms with Crippen molar-refractivity contribution in [3.05, 3.63) is 17.5 Å². The highest BCUT2D eigenvalue weighted by Crippen LogP contribution is 2.32. The minimum absolute atomic E-state index is 0.186. The third-order valence-electron chi connectivity index (χ3n) is 4.05. The fourth-order valence-corrected chi connectivity index (χ4v) is 3.16. The number of morpholine rings is 1. The Morgan fingerprint density at radius 2 is 2.25 bits per heavy atom. The maximum absolute atomic E-state index is 6.03. The van der Waals surface area contributed by atoms with Gasteiger partial charge in [0.2, 0.25) is 0 Å². The zero-order valence-electron chi connectivity index (χ0n) is 13.4. The van der Waals surface area contributed by atoms with Crippen LogP contribution >= 0.6 is 0 Å². The van der Waals surface area contributed by atoms with Gasteiger partial charge in [-0.25, -0.2) is 0 Å². The fraction of sp³-hybridized carbons (Fsp3) is 0.800. The van der Waals surface area contributed by atoms with Gasteiger partial charge >= 0.3 is 0 Å². The van der Waals surface area contributed by atoms with Crippen LogP contribution in [-0.4, -0.2) is 53.6 Å². The molecule has 114 valence electrons. The van der Waals surface area contributed by atoms with E-state index in [1.807, 2.05) is 18.8 Å². The Morgan fingerprint density at radius 1 is 1.50 bits per heavy atom. The average Bonchev–Trinajstić information content (AvgIpc) is 2.79. The number of rotatable bonds is 5. The standard InChI is InChI=1S/C15H28N4O/c1-6-13-12(10-18(5)17-13)15-14(9-16-4)20-8-7-19(15)11(2)3/h10-11,14-16H,6-9H2,1-5H3. The Morgan fingerprint density at radius 3 is 2.85 bits per heavy atom. The summed E-state index contributed by atoms with van der Waals surface area (Å²) in [6.07, 6.45) is 3.31. The number of nitrogens with one attached hydrogen (secondary N) is 1. The molecule has 1 saturated heterocycles. The van der Waals surface area contributed by atoms with Gasteiger partial charge in [-0.1, -0.05) is 6.92 Å². The van der Waals surface area contributed by atoms with E-state index < -0.39 is 0 Å². The molecule has 0 radical (unpaired) electrons. The lowest BCUT2D eigenvalue weighted by Gasteiger charge is -2.43. The number of likely N-dealkylation sites (N-methyl/N-ethyl adjacent to an activating group) is 1. The molecule has 0 bridgehead atoms. The monoisotopic (exact) mass is 280 g/mol. The van der Waals surface area contributed by atoms with E-state index in [1.54, 1.807) is 0 Å². The SMILES string of the molecule is CCc1nn(C)cc1C1C(CNC)OCCN1C(C)C. The van der Waals surface area contributed by atoms with E-state index in [9.17, 15) is 0 Å². The summed E-state index contributed by atoms with van der Waals surface area (Å²) in [4.78, 5) is 2.54. The van der Waals surface area contributed by atoms with Crippen molar-refractivity contribution in [2.24, 2.45) is 7.05 Å². The number of nitrogens with zero attached hydrogens (tertiary/aromatic N) is 3. The zero-order chi connectivity index (χ0) is 14.7. The molecule has 2 atom stereocenters. The maximum Gasteiger partial charge on any atom is 0.0897 e. The normalized spacial score (nSPS) is 24.5. The second kappa shape index (κ2) is 6.70. The van der Waals surface area contributed by atoms with Gasteiger partial charge in [-0.15, -0.1) is 0 Å². The van der Waals surface area contributed by atoms with Crippen LogP contribution in [0.4, 0.5) is 0 Å². The Labute approximate surface area is 122 Å². The van der Waals surface area contributed by atoms with Crippen molar-refractivity contribution in [1.29, 1.82) is 0 Å². The zero-order valence-corrected chi connectivity index (χ0v) is 13.4. The van der Waals surface area contributed by atoms with Crippen LogP contribution in [0.1, 0.15) is 38.1 Å². The molecule has 5 heteroatoms. The predicted octanol–water partition coefficient (Wildman–Crippen LogP) is 1.35. The van der Waals surface area contributed by atoms with E-state index in [0.29, 0.717) is 12.1 Å². The Bertz CT molecular complexity index is 428. The molecule has 0 aromatic carbocycles. The van der Waals surface area contributed by atoms with Gasteiger partial charge in [-0.2, -0.15) is 5.10 Å². The summed E-state index contributed by atoms with van der Waals surface area (Å²) < 4.78 is 7.96. The van der Waals surface area contributed by atoms with Gasteiger partial charge in [0.1, 0.15) is 0 Å². The fourth-order valence-electron chi connectivity index (χ4n) is 3.16. The summed E-state index contributed by atoms with van der Waals surface area (Å²) in [5, 5.41) is 7.87. The molecule has 2 unspecified atom stereocenters. The largest absolute Gasteiger partial charge is 0.374 e. The molecule has 1 N–H and O–H groups in total. The summed E-state index contributed by atoms with van der Waals surface area (Å²) >= 11 is 0. The van der Waals surface area contributed by atoms with Crippen molar-refractivity contribution < 1.29 is 4.74 Å². The number of hydrogen-bond acceptors (Lipinski definition) is 4. The topological polar surface area (TPSA) is 42.3 Å². The van der Waals surface area contributed by atoms with E-state index in [4.69, 9.17) is 4.74 Å². The molecule has 2 rings (SSSR count). The molecule has 1 fully saturated rings. The lowest BCUT2D eigenvalue weighted by atomic mass is 9.96. The maximum atomic E-state index is 6.03. The van der Waals surface area contributed by atoms with Crippen molar-refractivity contribution in [2.75, 3.05) is 26.7 Å². The van der Waals surface area contributed by atoms with Crippen LogP contribution in [0, 0.1) is 0 Å². The van der Waals surface area contributed by atoms with Gasteiger partial charge in [0.15, 0.2) is 0 Å². The molecule has 0 amide bonds. The number of aryl methyl sites for hydroxylation is 2. The van der Waals surface area contributed by atoms with Crippen LogP contribution in [-0.2, 0) is 18.2 Å². The molecule has 0 spiro atoms. The van der Waals surface area contributed by atoms with E-state index in [1.165, 1.54) is 11.3 Å². The molecule has 1 aromatic rings. The van der Waals surface area contributed by atoms with Crippen LogP contribution < -0.4 is 5.32 Å². The molecule has 5 nitrogen and oxygen atoms in total. The van der Waals surface area contributed by atoms with Crippen LogP contribution in [0.15, 0.2) is 6.20 Å². The van der Waals surface area contributed by atoms with Crippen molar-refractivity contribution >= 4 is 0 Å². The number of ether oxygens (including phenoxy) is 1. The van der Waals surface area contributed by atoms with Crippen molar-refractivity contribution in [2.45, 2.75) is 45.4 Å². The number of hydrogen-bond donors (Lipinski definition) is 1. The van der Waals surface area contributed by atoms with Gasteiger partial charge in [0.25, 0.3) is 0 Å². The van der Waals surface area contributed by atoms with Gasteiger partial charge in [0, 0.05) is 37.9 Å². The van der Waals surface area contributed by atoms with Crippen LogP contribution in [0.5, 0.6) is 0 Å². The molecule has 1 aliphatic rings.